The molecule has 0 fully saturated rings. The third-order valence-corrected chi connectivity index (χ3v) is 3.36. The van der Waals surface area contributed by atoms with E-state index >= 15 is 0 Å². The van der Waals surface area contributed by atoms with Crippen molar-refractivity contribution >= 4 is 11.7 Å². The van der Waals surface area contributed by atoms with E-state index in [1.54, 1.807) is 6.92 Å². The summed E-state index contributed by atoms with van der Waals surface area (Å²) in [6.45, 7) is 1.58. The van der Waals surface area contributed by atoms with E-state index < -0.39 is 23.1 Å². The predicted molar refractivity (Wildman–Crippen MR) is 71.0 cm³/mol. The van der Waals surface area contributed by atoms with E-state index in [2.05, 4.69) is 15.3 Å². The van der Waals surface area contributed by atoms with Gasteiger partial charge < -0.3 is 10.3 Å². The van der Waals surface area contributed by atoms with Gasteiger partial charge in [-0.2, -0.15) is 0 Å². The average Bonchev–Trinajstić information content (AvgIpc) is 2.35. The van der Waals surface area contributed by atoms with E-state index in [1.807, 2.05) is 0 Å². The number of halogens is 2. The van der Waals surface area contributed by atoms with Gasteiger partial charge in [0.25, 0.3) is 5.56 Å². The Balaban J connectivity index is 2.21. The lowest BCUT2D eigenvalue weighted by molar-refractivity contribution is -0.116. The van der Waals surface area contributed by atoms with Crippen LogP contribution in [-0.4, -0.2) is 15.9 Å². The molecule has 0 unspecified atom stereocenters. The Bertz CT molecular complexity index is 781. The molecular formula is C14H11F2N3O2. The Morgan fingerprint density at radius 3 is 2.52 bits per heavy atom. The van der Waals surface area contributed by atoms with E-state index in [0.717, 1.165) is 18.2 Å². The third-order valence-electron chi connectivity index (χ3n) is 3.36. The summed E-state index contributed by atoms with van der Waals surface area (Å²) in [5.74, 6) is -2.10. The molecule has 3 rings (SSSR count). The summed E-state index contributed by atoms with van der Waals surface area (Å²) in [7, 11) is 0. The normalized spacial score (nSPS) is 17.3. The molecule has 5 nitrogen and oxygen atoms in total. The van der Waals surface area contributed by atoms with Gasteiger partial charge in [-0.3, -0.25) is 9.59 Å². The molecule has 0 spiro atoms. The Hall–Kier alpha value is -2.57. The Labute approximate surface area is 118 Å². The molecule has 1 amide bonds. The minimum atomic E-state index is -0.756. The van der Waals surface area contributed by atoms with Crippen molar-refractivity contribution in [2.75, 3.05) is 5.32 Å². The van der Waals surface area contributed by atoms with Crippen LogP contribution in [-0.2, 0) is 4.79 Å². The molecule has 1 aromatic heterocycles. The van der Waals surface area contributed by atoms with Crippen LogP contribution in [0.2, 0.25) is 0 Å². The fraction of sp³-hybridized carbons (Fsp3) is 0.214. The summed E-state index contributed by atoms with van der Waals surface area (Å²) in [6.07, 6.45) is -0.0658. The van der Waals surface area contributed by atoms with Gasteiger partial charge in [-0.1, -0.05) is 0 Å². The maximum absolute atomic E-state index is 13.4. The Morgan fingerprint density at radius 1 is 1.19 bits per heavy atom. The number of rotatable bonds is 1. The fourth-order valence-corrected chi connectivity index (χ4v) is 2.55. The molecule has 1 aliphatic heterocycles. The van der Waals surface area contributed by atoms with Gasteiger partial charge in [0.1, 0.15) is 23.3 Å². The first kappa shape index (κ1) is 13.4. The number of hydrogen-bond acceptors (Lipinski definition) is 3. The Kier molecular flexibility index (Phi) is 3.04. The van der Waals surface area contributed by atoms with Crippen LogP contribution in [0.4, 0.5) is 14.6 Å². The summed E-state index contributed by atoms with van der Waals surface area (Å²) >= 11 is 0. The molecule has 0 saturated heterocycles. The number of H-pyrrole nitrogens is 1. The predicted octanol–water partition coefficient (Wildman–Crippen LogP) is 1.83. The van der Waals surface area contributed by atoms with E-state index in [-0.39, 0.29) is 29.3 Å². The summed E-state index contributed by atoms with van der Waals surface area (Å²) in [6, 6.07) is 2.98. The van der Waals surface area contributed by atoms with Crippen molar-refractivity contribution in [3.8, 4) is 0 Å². The van der Waals surface area contributed by atoms with Crippen molar-refractivity contribution in [2.45, 2.75) is 19.3 Å². The number of aromatic amines is 1. The largest absolute Gasteiger partial charge is 0.310 e. The molecule has 2 N–H and O–H groups in total. The lowest BCUT2D eigenvalue weighted by Crippen LogP contribution is -2.31. The molecule has 7 heteroatoms. The van der Waals surface area contributed by atoms with Crippen LogP contribution in [0, 0.1) is 18.6 Å². The first-order chi connectivity index (χ1) is 9.94. The second-order valence-corrected chi connectivity index (χ2v) is 4.92. The monoisotopic (exact) mass is 291 g/mol. The number of hydrogen-bond donors (Lipinski definition) is 2. The van der Waals surface area contributed by atoms with E-state index in [4.69, 9.17) is 0 Å². The van der Waals surface area contributed by atoms with Gasteiger partial charge in [0.05, 0.1) is 5.56 Å². The smallest absolute Gasteiger partial charge is 0.256 e. The molecule has 108 valence electrons. The van der Waals surface area contributed by atoms with Gasteiger partial charge >= 0.3 is 0 Å². The van der Waals surface area contributed by atoms with E-state index in [0.29, 0.717) is 5.82 Å². The maximum atomic E-state index is 13.4. The van der Waals surface area contributed by atoms with Crippen LogP contribution < -0.4 is 10.9 Å². The summed E-state index contributed by atoms with van der Waals surface area (Å²) in [5, 5.41) is 2.51. The van der Waals surface area contributed by atoms with E-state index in [1.165, 1.54) is 0 Å². The number of amides is 1. The maximum Gasteiger partial charge on any atom is 0.256 e. The zero-order chi connectivity index (χ0) is 15.1. The number of nitrogens with zero attached hydrogens (tertiary/aromatic N) is 1. The number of carbonyl (C=O) groups is 1. The van der Waals surface area contributed by atoms with Crippen molar-refractivity contribution in [1.82, 2.24) is 9.97 Å². The zero-order valence-corrected chi connectivity index (χ0v) is 11.0. The van der Waals surface area contributed by atoms with Crippen LogP contribution >= 0.6 is 0 Å². The van der Waals surface area contributed by atoms with Gasteiger partial charge in [-0.25, -0.2) is 13.8 Å². The van der Waals surface area contributed by atoms with Gasteiger partial charge in [-0.15, -0.1) is 0 Å². The Morgan fingerprint density at radius 2 is 1.86 bits per heavy atom. The molecule has 2 aromatic rings. The average molecular weight is 291 g/mol. The summed E-state index contributed by atoms with van der Waals surface area (Å²) < 4.78 is 26.8. The molecule has 21 heavy (non-hydrogen) atoms. The number of aromatic nitrogens is 2. The van der Waals surface area contributed by atoms with Gasteiger partial charge in [0.2, 0.25) is 5.91 Å². The molecule has 0 saturated carbocycles. The number of aryl methyl sites for hydroxylation is 1. The highest BCUT2D eigenvalue weighted by Crippen LogP contribution is 2.34. The lowest BCUT2D eigenvalue weighted by Gasteiger charge is -2.24. The molecule has 1 aliphatic rings. The van der Waals surface area contributed by atoms with Crippen LogP contribution in [0.5, 0.6) is 0 Å². The van der Waals surface area contributed by atoms with Gasteiger partial charge in [0.15, 0.2) is 0 Å². The molecule has 0 radical (unpaired) electrons. The molecule has 1 atom stereocenters. The summed E-state index contributed by atoms with van der Waals surface area (Å²) in [4.78, 5) is 30.5. The molecule has 1 aromatic carbocycles. The van der Waals surface area contributed by atoms with Crippen LogP contribution in [0.15, 0.2) is 23.0 Å². The summed E-state index contributed by atoms with van der Waals surface area (Å²) in [5.41, 5.74) is 0.0251. The van der Waals surface area contributed by atoms with Gasteiger partial charge in [0, 0.05) is 18.4 Å². The number of benzene rings is 1. The zero-order valence-electron chi connectivity index (χ0n) is 11.0. The molecule has 2 heterocycles. The molecule has 0 bridgehead atoms. The van der Waals surface area contributed by atoms with Gasteiger partial charge in [-0.05, 0) is 24.6 Å². The van der Waals surface area contributed by atoms with Crippen molar-refractivity contribution in [3.05, 3.63) is 57.1 Å². The highest BCUT2D eigenvalue weighted by atomic mass is 19.1. The SMILES string of the molecule is Cc1nc2c(c(=O)[nH]1)[C@H](c1cc(F)cc(F)c1)CC(=O)N2. The molecular weight excluding hydrogens is 280 g/mol. The second kappa shape index (κ2) is 4.76. The number of nitrogens with one attached hydrogen (secondary N) is 2. The first-order valence-corrected chi connectivity index (χ1v) is 6.30. The standard InChI is InChI=1S/C14H11F2N3O2/c1-6-17-13-12(14(21)18-6)10(5-11(20)19-13)7-2-8(15)4-9(16)3-7/h2-4,10H,5H2,1H3,(H2,17,18,19,20,21)/t10-/m0/s1. The lowest BCUT2D eigenvalue weighted by atomic mass is 9.86. The van der Waals surface area contributed by atoms with E-state index in [9.17, 15) is 18.4 Å². The highest BCUT2D eigenvalue weighted by Gasteiger charge is 2.31. The van der Waals surface area contributed by atoms with Crippen molar-refractivity contribution in [3.63, 3.8) is 0 Å². The number of carbonyl (C=O) groups excluding carboxylic acids is 1. The fourth-order valence-electron chi connectivity index (χ4n) is 2.55. The number of fused-ring (bicyclic) bond motifs is 1. The third kappa shape index (κ3) is 2.42. The number of anilines is 1. The topological polar surface area (TPSA) is 74.8 Å². The quantitative estimate of drug-likeness (QED) is 0.841. The first-order valence-electron chi connectivity index (χ1n) is 6.30. The minimum Gasteiger partial charge on any atom is -0.310 e. The highest BCUT2D eigenvalue weighted by molar-refractivity contribution is 5.94. The van der Waals surface area contributed by atoms with Crippen molar-refractivity contribution in [2.24, 2.45) is 0 Å². The van der Waals surface area contributed by atoms with Crippen LogP contribution in [0.3, 0.4) is 0 Å². The van der Waals surface area contributed by atoms with Crippen LogP contribution in [0.1, 0.15) is 29.3 Å². The second-order valence-electron chi connectivity index (χ2n) is 4.92. The molecule has 0 aliphatic carbocycles. The van der Waals surface area contributed by atoms with Crippen LogP contribution in [0.25, 0.3) is 0 Å². The van der Waals surface area contributed by atoms with Crippen molar-refractivity contribution in [1.29, 1.82) is 0 Å². The minimum absolute atomic E-state index is 0.0658. The van der Waals surface area contributed by atoms with Crippen molar-refractivity contribution < 1.29 is 13.6 Å².